The molecule has 2 atom stereocenters. The number of fused-ring (bicyclic) bond motifs is 1. The molecule has 0 fully saturated rings. The summed E-state index contributed by atoms with van der Waals surface area (Å²) in [5, 5.41) is 6.83. The van der Waals surface area contributed by atoms with Crippen LogP contribution < -0.4 is 15.4 Å². The van der Waals surface area contributed by atoms with Gasteiger partial charge in [0.25, 0.3) is 5.91 Å². The SMILES string of the molecule is COc1ccccc1C1(N[C@@H](Cc2ccccn2)C(=O)N(C)C)C(=O)Nc2ccc(Cl)cc21. The van der Waals surface area contributed by atoms with E-state index in [1.165, 1.54) is 4.90 Å². The van der Waals surface area contributed by atoms with Crippen molar-refractivity contribution in [2.45, 2.75) is 18.0 Å². The molecule has 2 amide bonds. The van der Waals surface area contributed by atoms with Crippen molar-refractivity contribution in [2.24, 2.45) is 0 Å². The van der Waals surface area contributed by atoms with Gasteiger partial charge in [-0.25, -0.2) is 0 Å². The monoisotopic (exact) mass is 464 g/mol. The number of anilines is 1. The van der Waals surface area contributed by atoms with Gasteiger partial charge in [0, 0.05) is 54.2 Å². The van der Waals surface area contributed by atoms with E-state index in [4.69, 9.17) is 16.3 Å². The molecular weight excluding hydrogens is 440 g/mol. The molecule has 0 radical (unpaired) electrons. The van der Waals surface area contributed by atoms with E-state index in [-0.39, 0.29) is 18.2 Å². The van der Waals surface area contributed by atoms with Gasteiger partial charge in [0.15, 0.2) is 5.54 Å². The number of carbonyl (C=O) groups excluding carboxylic acids is 2. The van der Waals surface area contributed by atoms with E-state index in [0.29, 0.717) is 27.6 Å². The van der Waals surface area contributed by atoms with Crippen LogP contribution in [0.5, 0.6) is 5.75 Å². The summed E-state index contributed by atoms with van der Waals surface area (Å²) in [7, 11) is 4.92. The summed E-state index contributed by atoms with van der Waals surface area (Å²) in [5.41, 5.74) is 1.16. The van der Waals surface area contributed by atoms with E-state index >= 15 is 0 Å². The first-order valence-corrected chi connectivity index (χ1v) is 10.9. The molecule has 2 aromatic carbocycles. The van der Waals surface area contributed by atoms with Crippen LogP contribution >= 0.6 is 11.6 Å². The Hall–Kier alpha value is -3.42. The van der Waals surface area contributed by atoms with Crippen LogP contribution in [0.3, 0.4) is 0 Å². The lowest BCUT2D eigenvalue weighted by atomic mass is 9.82. The highest BCUT2D eigenvalue weighted by Crippen LogP contribution is 2.45. The highest BCUT2D eigenvalue weighted by Gasteiger charge is 2.52. The van der Waals surface area contributed by atoms with Crippen LogP contribution in [0.15, 0.2) is 66.9 Å². The van der Waals surface area contributed by atoms with Gasteiger partial charge in [0.05, 0.1) is 13.2 Å². The van der Waals surface area contributed by atoms with E-state index in [9.17, 15) is 9.59 Å². The average molecular weight is 465 g/mol. The molecule has 33 heavy (non-hydrogen) atoms. The first-order chi connectivity index (χ1) is 15.9. The number of carbonyl (C=O) groups is 2. The zero-order valence-corrected chi connectivity index (χ0v) is 19.4. The molecule has 1 aromatic heterocycles. The second-order valence-electron chi connectivity index (χ2n) is 8.05. The first kappa shape index (κ1) is 22.8. The zero-order valence-electron chi connectivity index (χ0n) is 18.6. The number of hydrogen-bond acceptors (Lipinski definition) is 5. The summed E-state index contributed by atoms with van der Waals surface area (Å²) in [4.78, 5) is 32.9. The first-order valence-electron chi connectivity index (χ1n) is 10.5. The highest BCUT2D eigenvalue weighted by molar-refractivity contribution is 6.31. The molecule has 8 heteroatoms. The Balaban J connectivity index is 1.91. The maximum atomic E-state index is 13.7. The predicted octanol–water partition coefficient (Wildman–Crippen LogP) is 3.23. The number of likely N-dealkylation sites (N-methyl/N-ethyl adjacent to an activating group) is 1. The second-order valence-corrected chi connectivity index (χ2v) is 8.49. The number of ether oxygens (including phenoxy) is 1. The minimum absolute atomic E-state index is 0.182. The van der Waals surface area contributed by atoms with Gasteiger partial charge < -0.3 is 15.0 Å². The minimum Gasteiger partial charge on any atom is -0.496 e. The Labute approximate surface area is 197 Å². The largest absolute Gasteiger partial charge is 0.496 e. The highest BCUT2D eigenvalue weighted by atomic mass is 35.5. The molecule has 0 saturated carbocycles. The molecule has 1 aliphatic rings. The van der Waals surface area contributed by atoms with E-state index < -0.39 is 11.6 Å². The number of methoxy groups -OCH3 is 1. The lowest BCUT2D eigenvalue weighted by Crippen LogP contribution is -2.58. The molecule has 0 saturated heterocycles. The Morgan fingerprint density at radius 3 is 2.61 bits per heavy atom. The van der Waals surface area contributed by atoms with Gasteiger partial charge in [-0.05, 0) is 36.4 Å². The maximum absolute atomic E-state index is 13.7. The summed E-state index contributed by atoms with van der Waals surface area (Å²) in [5.74, 6) is 0.0157. The molecule has 1 aliphatic heterocycles. The standard InChI is InChI=1S/C25H25ClN4O3/c1-30(2)23(31)21(15-17-8-6-7-13-27-17)29-25(18-9-4-5-10-22(18)33-3)19-14-16(26)11-12-20(19)28-24(25)32/h4-14,21,29H,15H2,1-3H3,(H,28,32)/t21-,25?/m0/s1. The summed E-state index contributed by atoms with van der Waals surface area (Å²) in [6.07, 6.45) is 1.97. The number of aromatic nitrogens is 1. The van der Waals surface area contributed by atoms with Crippen LogP contribution in [0.25, 0.3) is 0 Å². The fourth-order valence-electron chi connectivity index (χ4n) is 4.22. The molecule has 170 valence electrons. The van der Waals surface area contributed by atoms with Gasteiger partial charge in [-0.2, -0.15) is 0 Å². The van der Waals surface area contributed by atoms with Crippen LogP contribution in [0, 0.1) is 0 Å². The zero-order chi connectivity index (χ0) is 23.6. The minimum atomic E-state index is -1.40. The summed E-state index contributed by atoms with van der Waals surface area (Å²) >= 11 is 6.36. The van der Waals surface area contributed by atoms with Crippen LogP contribution in [0.4, 0.5) is 5.69 Å². The van der Waals surface area contributed by atoms with E-state index in [1.54, 1.807) is 51.7 Å². The van der Waals surface area contributed by atoms with Gasteiger partial charge >= 0.3 is 0 Å². The number of pyridine rings is 1. The van der Waals surface area contributed by atoms with Gasteiger partial charge in [0.2, 0.25) is 5.91 Å². The predicted molar refractivity (Wildman–Crippen MR) is 127 cm³/mol. The van der Waals surface area contributed by atoms with E-state index in [1.807, 2.05) is 36.4 Å². The molecule has 1 unspecified atom stereocenters. The van der Waals surface area contributed by atoms with Gasteiger partial charge in [0.1, 0.15) is 5.75 Å². The average Bonchev–Trinajstić information content (AvgIpc) is 3.09. The van der Waals surface area contributed by atoms with Gasteiger partial charge in [-0.15, -0.1) is 0 Å². The van der Waals surface area contributed by atoms with Crippen LogP contribution in [0.1, 0.15) is 16.8 Å². The number of rotatable bonds is 7. The summed E-state index contributed by atoms with van der Waals surface area (Å²) in [6, 6.07) is 17.3. The lowest BCUT2D eigenvalue weighted by molar-refractivity contribution is -0.132. The Bertz CT molecular complexity index is 1190. The molecular formula is C25H25ClN4O3. The normalized spacial score (nSPS) is 17.8. The van der Waals surface area contributed by atoms with Gasteiger partial charge in [-0.3, -0.25) is 19.9 Å². The number of amides is 2. The number of nitrogens with one attached hydrogen (secondary N) is 2. The van der Waals surface area contributed by atoms with Crippen molar-refractivity contribution >= 4 is 29.1 Å². The fraction of sp³-hybridized carbons (Fsp3) is 0.240. The Kier molecular flexibility index (Phi) is 6.35. The molecule has 0 spiro atoms. The third-order valence-corrected chi connectivity index (χ3v) is 5.99. The second kappa shape index (κ2) is 9.21. The number of nitrogens with zero attached hydrogens (tertiary/aromatic N) is 2. The topological polar surface area (TPSA) is 83.6 Å². The van der Waals surface area contributed by atoms with E-state index in [0.717, 1.165) is 5.69 Å². The van der Waals surface area contributed by atoms with Crippen molar-refractivity contribution in [3.8, 4) is 5.75 Å². The van der Waals surface area contributed by atoms with Gasteiger partial charge in [-0.1, -0.05) is 35.9 Å². The van der Waals surface area contributed by atoms with Crippen molar-refractivity contribution in [3.05, 3.63) is 88.7 Å². The smallest absolute Gasteiger partial charge is 0.254 e. The number of benzene rings is 2. The third-order valence-electron chi connectivity index (χ3n) is 5.75. The van der Waals surface area contributed by atoms with Crippen molar-refractivity contribution in [1.82, 2.24) is 15.2 Å². The molecule has 2 heterocycles. The van der Waals surface area contributed by atoms with Crippen molar-refractivity contribution in [2.75, 3.05) is 26.5 Å². The fourth-order valence-corrected chi connectivity index (χ4v) is 4.39. The van der Waals surface area contributed by atoms with Crippen LogP contribution in [0.2, 0.25) is 5.02 Å². The molecule has 4 rings (SSSR count). The van der Waals surface area contributed by atoms with Crippen LogP contribution in [-0.4, -0.2) is 48.9 Å². The number of halogens is 1. The van der Waals surface area contributed by atoms with Crippen molar-refractivity contribution in [1.29, 1.82) is 0 Å². The molecule has 0 aliphatic carbocycles. The molecule has 3 aromatic rings. The molecule has 7 nitrogen and oxygen atoms in total. The Morgan fingerprint density at radius 1 is 1.15 bits per heavy atom. The van der Waals surface area contributed by atoms with Crippen LogP contribution in [-0.2, 0) is 21.5 Å². The number of hydrogen-bond donors (Lipinski definition) is 2. The lowest BCUT2D eigenvalue weighted by Gasteiger charge is -2.35. The maximum Gasteiger partial charge on any atom is 0.254 e. The quantitative estimate of drug-likeness (QED) is 0.561. The van der Waals surface area contributed by atoms with E-state index in [2.05, 4.69) is 15.6 Å². The van der Waals surface area contributed by atoms with Crippen molar-refractivity contribution in [3.63, 3.8) is 0 Å². The third kappa shape index (κ3) is 4.17. The number of para-hydroxylation sites is 1. The van der Waals surface area contributed by atoms with Crippen molar-refractivity contribution < 1.29 is 14.3 Å². The summed E-state index contributed by atoms with van der Waals surface area (Å²) < 4.78 is 5.62. The molecule has 2 N–H and O–H groups in total. The summed E-state index contributed by atoms with van der Waals surface area (Å²) in [6.45, 7) is 0. The molecule has 0 bridgehead atoms. The Morgan fingerprint density at radius 2 is 1.91 bits per heavy atom.